The van der Waals surface area contributed by atoms with Gasteiger partial charge in [0.05, 0.1) is 30.8 Å². The molecule has 0 radical (unpaired) electrons. The number of aromatic nitrogens is 4. The highest BCUT2D eigenvalue weighted by Crippen LogP contribution is 2.39. The molecule has 0 saturated carbocycles. The molecule has 0 fully saturated rings. The van der Waals surface area contributed by atoms with E-state index in [0.29, 0.717) is 28.8 Å². The van der Waals surface area contributed by atoms with Gasteiger partial charge >= 0.3 is 5.97 Å². The molecule has 15 heteroatoms. The van der Waals surface area contributed by atoms with Crippen molar-refractivity contribution < 1.29 is 46.8 Å². The molecule has 5 rings (SSSR count). The summed E-state index contributed by atoms with van der Waals surface area (Å²) in [5.74, 6) is -3.13. The highest BCUT2D eigenvalue weighted by Gasteiger charge is 2.25. The SMILES string of the molecule is CCOC(=O)CCc1cccc(C(C)c2nc(-c3cc(Oc4c(F)cc5c(ccn5COCC[Si](C)(C)C)c4F)ccc3OCOC)n(CCO)n2)c1F. The summed E-state index contributed by atoms with van der Waals surface area (Å²) in [6.07, 6.45) is 1.83. The van der Waals surface area contributed by atoms with Gasteiger partial charge in [0.2, 0.25) is 0 Å². The summed E-state index contributed by atoms with van der Waals surface area (Å²) in [7, 11) is 0.154. The van der Waals surface area contributed by atoms with Crippen LogP contribution in [-0.4, -0.2) is 72.2 Å². The summed E-state index contributed by atoms with van der Waals surface area (Å²) in [4.78, 5) is 16.7. The average molecular weight is 769 g/mol. The predicted molar refractivity (Wildman–Crippen MR) is 200 cm³/mol. The lowest BCUT2D eigenvalue weighted by molar-refractivity contribution is -0.143. The van der Waals surface area contributed by atoms with Gasteiger partial charge in [0, 0.05) is 51.8 Å². The largest absolute Gasteiger partial charge is 0.467 e. The van der Waals surface area contributed by atoms with E-state index in [2.05, 4.69) is 24.7 Å². The molecule has 0 amide bonds. The van der Waals surface area contributed by atoms with Crippen molar-refractivity contribution in [2.24, 2.45) is 0 Å². The number of aryl methyl sites for hydroxylation is 1. The molecule has 1 atom stereocenters. The Labute approximate surface area is 313 Å². The Bertz CT molecular complexity index is 2060. The second kappa shape index (κ2) is 18.1. The molecule has 1 unspecified atom stereocenters. The second-order valence-corrected chi connectivity index (χ2v) is 19.6. The van der Waals surface area contributed by atoms with Crippen molar-refractivity contribution >= 4 is 24.9 Å². The number of methoxy groups -OCH3 is 1. The van der Waals surface area contributed by atoms with E-state index >= 15 is 13.2 Å². The highest BCUT2D eigenvalue weighted by atomic mass is 28.3. The number of hydrogen-bond acceptors (Lipinski definition) is 9. The van der Waals surface area contributed by atoms with Gasteiger partial charge in [-0.2, -0.15) is 5.10 Å². The molecule has 0 aliphatic carbocycles. The molecule has 0 aliphatic heterocycles. The molecule has 2 heterocycles. The van der Waals surface area contributed by atoms with E-state index in [0.717, 1.165) is 6.04 Å². The molecular formula is C39H47F3N4O7Si. The summed E-state index contributed by atoms with van der Waals surface area (Å²) >= 11 is 0. The Morgan fingerprint density at radius 3 is 2.57 bits per heavy atom. The first-order valence-electron chi connectivity index (χ1n) is 17.8. The molecular weight excluding hydrogens is 722 g/mol. The Balaban J connectivity index is 1.46. The molecule has 0 bridgehead atoms. The third-order valence-corrected chi connectivity index (χ3v) is 10.5. The van der Waals surface area contributed by atoms with E-state index < -0.39 is 43.2 Å². The zero-order valence-electron chi connectivity index (χ0n) is 31.5. The summed E-state index contributed by atoms with van der Waals surface area (Å²) in [5.41, 5.74) is 1.30. The maximum absolute atomic E-state index is 15.9. The Hall–Kier alpha value is -4.70. The maximum atomic E-state index is 15.9. The summed E-state index contributed by atoms with van der Waals surface area (Å²) < 4.78 is 77.9. The molecule has 5 aromatic rings. The second-order valence-electron chi connectivity index (χ2n) is 14.0. The quantitative estimate of drug-likeness (QED) is 0.0385. The number of fused-ring (bicyclic) bond motifs is 1. The standard InChI is InChI=1S/C39H47F3N4O7Si/c1-7-51-34(48)14-11-26-9-8-10-28(35(26)41)25(2)38-43-39(46(44-38)17-18-47)30-21-27(12-13-33(30)52-24-49-3)53-37-31(40)22-32-29(36(37)42)15-16-45(32)23-50-19-20-54(4,5)6/h8-10,12-13,15-16,21-22,25,47H,7,11,14,17-20,23-24H2,1-6H3. The molecule has 1 N–H and O–H groups in total. The fourth-order valence-electron chi connectivity index (χ4n) is 5.83. The van der Waals surface area contributed by atoms with E-state index in [1.807, 2.05) is 0 Å². The van der Waals surface area contributed by atoms with Crippen LogP contribution in [0.2, 0.25) is 25.7 Å². The third kappa shape index (κ3) is 9.69. The van der Waals surface area contributed by atoms with Crippen LogP contribution in [0.15, 0.2) is 54.7 Å². The summed E-state index contributed by atoms with van der Waals surface area (Å²) in [6, 6.07) is 13.2. The smallest absolute Gasteiger partial charge is 0.306 e. The number of carbonyl (C=O) groups is 1. The van der Waals surface area contributed by atoms with E-state index in [4.69, 9.17) is 28.7 Å². The van der Waals surface area contributed by atoms with Crippen LogP contribution in [0.5, 0.6) is 17.2 Å². The Kier molecular flexibility index (Phi) is 13.6. The van der Waals surface area contributed by atoms with Crippen LogP contribution in [0.3, 0.4) is 0 Å². The van der Waals surface area contributed by atoms with Crippen LogP contribution in [0, 0.1) is 17.5 Å². The number of esters is 1. The van der Waals surface area contributed by atoms with Crippen molar-refractivity contribution in [1.82, 2.24) is 19.3 Å². The van der Waals surface area contributed by atoms with E-state index in [1.54, 1.807) is 54.9 Å². The highest BCUT2D eigenvalue weighted by molar-refractivity contribution is 6.76. The first kappa shape index (κ1) is 40.5. The van der Waals surface area contributed by atoms with Gasteiger partial charge in [-0.05, 0) is 54.8 Å². The predicted octanol–water partition coefficient (Wildman–Crippen LogP) is 8.04. The van der Waals surface area contributed by atoms with Gasteiger partial charge in [0.1, 0.15) is 24.0 Å². The van der Waals surface area contributed by atoms with Crippen LogP contribution in [-0.2, 0) is 38.7 Å². The number of ether oxygens (including phenoxy) is 5. The van der Waals surface area contributed by atoms with Gasteiger partial charge in [0.25, 0.3) is 0 Å². The Morgan fingerprint density at radius 1 is 1.06 bits per heavy atom. The summed E-state index contributed by atoms with van der Waals surface area (Å²) in [6.45, 7) is 10.7. The van der Waals surface area contributed by atoms with Crippen LogP contribution in [0.4, 0.5) is 13.2 Å². The molecule has 290 valence electrons. The van der Waals surface area contributed by atoms with E-state index in [9.17, 15) is 9.90 Å². The lowest BCUT2D eigenvalue weighted by Crippen LogP contribution is -2.21. The minimum Gasteiger partial charge on any atom is -0.467 e. The number of hydrogen-bond donors (Lipinski definition) is 1. The number of aliphatic hydroxyl groups is 1. The molecule has 0 spiro atoms. The van der Waals surface area contributed by atoms with Gasteiger partial charge in [-0.1, -0.05) is 44.8 Å². The maximum Gasteiger partial charge on any atom is 0.306 e. The van der Waals surface area contributed by atoms with Crippen molar-refractivity contribution in [3.05, 3.63) is 89.1 Å². The van der Waals surface area contributed by atoms with Gasteiger partial charge in [-0.15, -0.1) is 0 Å². The zero-order valence-corrected chi connectivity index (χ0v) is 32.5. The normalized spacial score (nSPS) is 12.3. The summed E-state index contributed by atoms with van der Waals surface area (Å²) in [5, 5.41) is 14.7. The third-order valence-electron chi connectivity index (χ3n) is 8.76. The number of aliphatic hydroxyl groups excluding tert-OH is 1. The number of benzene rings is 3. The monoisotopic (exact) mass is 768 g/mol. The zero-order chi connectivity index (χ0) is 39.0. The number of nitrogens with zero attached hydrogens (tertiary/aromatic N) is 4. The first-order valence-corrected chi connectivity index (χ1v) is 21.5. The molecule has 11 nitrogen and oxygen atoms in total. The molecule has 2 aromatic heterocycles. The molecule has 54 heavy (non-hydrogen) atoms. The fraction of sp³-hybridized carbons (Fsp3) is 0.410. The molecule has 0 aliphatic rings. The van der Waals surface area contributed by atoms with E-state index in [-0.39, 0.29) is 74.7 Å². The fourth-order valence-corrected chi connectivity index (χ4v) is 6.59. The van der Waals surface area contributed by atoms with Gasteiger partial charge in [-0.3, -0.25) is 4.79 Å². The first-order chi connectivity index (χ1) is 25.8. The van der Waals surface area contributed by atoms with Crippen molar-refractivity contribution in [3.8, 4) is 28.6 Å². The molecule has 0 saturated heterocycles. The van der Waals surface area contributed by atoms with Crippen molar-refractivity contribution in [2.45, 2.75) is 71.6 Å². The van der Waals surface area contributed by atoms with Crippen molar-refractivity contribution in [3.63, 3.8) is 0 Å². The lowest BCUT2D eigenvalue weighted by Gasteiger charge is -2.16. The number of rotatable bonds is 19. The van der Waals surface area contributed by atoms with Crippen LogP contribution < -0.4 is 9.47 Å². The van der Waals surface area contributed by atoms with Crippen LogP contribution in [0.1, 0.15) is 43.1 Å². The minimum atomic E-state index is -1.30. The Morgan fingerprint density at radius 2 is 1.85 bits per heavy atom. The van der Waals surface area contributed by atoms with Gasteiger partial charge in [-0.25, -0.2) is 22.8 Å². The van der Waals surface area contributed by atoms with Crippen molar-refractivity contribution in [1.29, 1.82) is 0 Å². The van der Waals surface area contributed by atoms with Crippen LogP contribution >= 0.6 is 0 Å². The van der Waals surface area contributed by atoms with E-state index in [1.165, 1.54) is 30.0 Å². The average Bonchev–Trinajstić information content (AvgIpc) is 3.74. The number of halogens is 3. The van der Waals surface area contributed by atoms with Gasteiger partial charge in [0.15, 0.2) is 35.8 Å². The lowest BCUT2D eigenvalue weighted by atomic mass is 9.96. The minimum absolute atomic E-state index is 0.0185. The number of carbonyl (C=O) groups excluding carboxylic acids is 1. The molecule has 3 aromatic carbocycles. The van der Waals surface area contributed by atoms with Crippen molar-refractivity contribution in [2.75, 3.05) is 33.7 Å². The van der Waals surface area contributed by atoms with Gasteiger partial charge < -0.3 is 33.4 Å². The topological polar surface area (TPSA) is 119 Å². The van der Waals surface area contributed by atoms with Crippen LogP contribution in [0.25, 0.3) is 22.3 Å².